The van der Waals surface area contributed by atoms with E-state index in [1.54, 1.807) is 36.4 Å². The molecule has 0 aliphatic heterocycles. The van der Waals surface area contributed by atoms with E-state index in [0.717, 1.165) is 21.9 Å². The minimum atomic E-state index is -0.459. The van der Waals surface area contributed by atoms with E-state index in [9.17, 15) is 4.79 Å². The maximum Gasteiger partial charge on any atom is 0.347 e. The molecule has 0 fully saturated rings. The van der Waals surface area contributed by atoms with Crippen LogP contribution >= 0.6 is 0 Å². The average Bonchev–Trinajstić information content (AvgIpc) is 2.99. The Hall–Kier alpha value is -3.27. The third kappa shape index (κ3) is 2.38. The highest BCUT2D eigenvalue weighted by Gasteiger charge is 2.15. The van der Waals surface area contributed by atoms with E-state index < -0.39 is 5.97 Å². The number of rotatable bonds is 3. The van der Waals surface area contributed by atoms with Crippen molar-refractivity contribution in [1.29, 1.82) is 0 Å². The van der Waals surface area contributed by atoms with E-state index in [1.165, 1.54) is 7.11 Å². The van der Waals surface area contributed by atoms with Crippen LogP contribution in [0.25, 0.3) is 21.9 Å². The van der Waals surface area contributed by atoms with Gasteiger partial charge < -0.3 is 13.9 Å². The molecule has 3 aromatic carbocycles. The van der Waals surface area contributed by atoms with Gasteiger partial charge in [-0.3, -0.25) is 0 Å². The quantitative estimate of drug-likeness (QED) is 0.401. The Balaban J connectivity index is 1.71. The van der Waals surface area contributed by atoms with Crippen molar-refractivity contribution in [3.8, 4) is 11.5 Å². The molecule has 24 heavy (non-hydrogen) atoms. The molecule has 4 nitrogen and oxygen atoms in total. The topological polar surface area (TPSA) is 48.7 Å². The van der Waals surface area contributed by atoms with Gasteiger partial charge in [0.05, 0.1) is 7.11 Å². The number of esters is 1. The largest absolute Gasteiger partial charge is 0.496 e. The number of ether oxygens (including phenoxy) is 2. The summed E-state index contributed by atoms with van der Waals surface area (Å²) in [6.45, 7) is 0. The lowest BCUT2D eigenvalue weighted by Gasteiger charge is -2.08. The number of fused-ring (bicyclic) bond motifs is 3. The highest BCUT2D eigenvalue weighted by atomic mass is 16.5. The average molecular weight is 318 g/mol. The number of carbonyl (C=O) groups excluding carboxylic acids is 1. The third-order valence-corrected chi connectivity index (χ3v) is 3.89. The molecule has 0 unspecified atom stereocenters. The number of benzene rings is 3. The molecule has 0 aliphatic rings. The van der Waals surface area contributed by atoms with E-state index in [0.29, 0.717) is 17.1 Å². The van der Waals surface area contributed by atoms with Gasteiger partial charge in [-0.15, -0.1) is 0 Å². The van der Waals surface area contributed by atoms with Gasteiger partial charge in [0, 0.05) is 10.8 Å². The maximum atomic E-state index is 12.4. The number of hydrogen-bond acceptors (Lipinski definition) is 4. The molecule has 4 aromatic rings. The summed E-state index contributed by atoms with van der Waals surface area (Å²) in [6, 6.07) is 20.1. The molecule has 0 amide bonds. The van der Waals surface area contributed by atoms with Gasteiger partial charge in [0.1, 0.15) is 28.2 Å². The van der Waals surface area contributed by atoms with E-state index in [4.69, 9.17) is 13.9 Å². The molecule has 0 saturated carbocycles. The number of hydrogen-bond donors (Lipinski definition) is 0. The molecule has 118 valence electrons. The van der Waals surface area contributed by atoms with Crippen molar-refractivity contribution in [3.63, 3.8) is 0 Å². The Bertz CT molecular complexity index is 1050. The zero-order valence-electron chi connectivity index (χ0n) is 13.0. The van der Waals surface area contributed by atoms with Gasteiger partial charge in [-0.25, -0.2) is 4.79 Å². The Morgan fingerprint density at radius 3 is 2.50 bits per heavy atom. The van der Waals surface area contributed by atoms with Crippen molar-refractivity contribution in [3.05, 3.63) is 72.3 Å². The van der Waals surface area contributed by atoms with Gasteiger partial charge in [-0.2, -0.15) is 0 Å². The highest BCUT2D eigenvalue weighted by molar-refractivity contribution is 6.05. The van der Waals surface area contributed by atoms with Crippen molar-refractivity contribution < 1.29 is 18.7 Å². The van der Waals surface area contributed by atoms with Crippen LogP contribution in [0.1, 0.15) is 10.4 Å². The fraction of sp³-hybridized carbons (Fsp3) is 0.0500. The Labute approximate surface area is 138 Å². The summed E-state index contributed by atoms with van der Waals surface area (Å²) in [4.78, 5) is 12.4. The minimum absolute atomic E-state index is 0.386. The number of para-hydroxylation sites is 2. The second kappa shape index (κ2) is 5.74. The lowest BCUT2D eigenvalue weighted by atomic mass is 10.1. The van der Waals surface area contributed by atoms with Gasteiger partial charge in [0.15, 0.2) is 0 Å². The van der Waals surface area contributed by atoms with Crippen molar-refractivity contribution in [2.24, 2.45) is 0 Å². The Morgan fingerprint density at radius 2 is 1.62 bits per heavy atom. The molecule has 4 heteroatoms. The highest BCUT2D eigenvalue weighted by Crippen LogP contribution is 2.31. The zero-order valence-corrected chi connectivity index (χ0v) is 13.0. The number of furan rings is 1. The molecule has 0 aliphatic carbocycles. The smallest absolute Gasteiger partial charge is 0.347 e. The molecule has 0 bridgehead atoms. The first-order valence-corrected chi connectivity index (χ1v) is 7.53. The predicted molar refractivity (Wildman–Crippen MR) is 91.7 cm³/mol. The van der Waals surface area contributed by atoms with Crippen molar-refractivity contribution >= 4 is 27.9 Å². The minimum Gasteiger partial charge on any atom is -0.496 e. The van der Waals surface area contributed by atoms with Crippen LogP contribution in [0.15, 0.2) is 71.1 Å². The first-order valence-electron chi connectivity index (χ1n) is 7.53. The van der Waals surface area contributed by atoms with Gasteiger partial charge in [0.25, 0.3) is 0 Å². The molecule has 4 rings (SSSR count). The van der Waals surface area contributed by atoms with Crippen molar-refractivity contribution in [2.75, 3.05) is 7.11 Å². The second-order valence-corrected chi connectivity index (χ2v) is 5.35. The van der Waals surface area contributed by atoms with Crippen LogP contribution in [-0.2, 0) is 0 Å². The lowest BCUT2D eigenvalue weighted by molar-refractivity contribution is 0.0731. The van der Waals surface area contributed by atoms with Crippen LogP contribution in [0.3, 0.4) is 0 Å². The van der Waals surface area contributed by atoms with E-state index in [2.05, 4.69) is 0 Å². The van der Waals surface area contributed by atoms with E-state index in [1.807, 2.05) is 30.3 Å². The van der Waals surface area contributed by atoms with Gasteiger partial charge in [-0.05, 0) is 36.4 Å². The Kier molecular flexibility index (Phi) is 3.43. The van der Waals surface area contributed by atoms with E-state index in [-0.39, 0.29) is 0 Å². The first kappa shape index (κ1) is 14.3. The first-order chi connectivity index (χ1) is 11.8. The molecule has 1 aromatic heterocycles. The van der Waals surface area contributed by atoms with Gasteiger partial charge in [0.2, 0.25) is 0 Å². The SMILES string of the molecule is COc1ccccc1C(=O)Oc1ccc2oc3ccccc3c2c1. The van der Waals surface area contributed by atoms with Crippen LogP contribution in [-0.4, -0.2) is 13.1 Å². The molecule has 0 atom stereocenters. The molecule has 0 radical (unpaired) electrons. The Morgan fingerprint density at radius 1 is 0.875 bits per heavy atom. The van der Waals surface area contributed by atoms with Crippen LogP contribution in [0.2, 0.25) is 0 Å². The number of carbonyl (C=O) groups is 1. The monoisotopic (exact) mass is 318 g/mol. The fourth-order valence-corrected chi connectivity index (χ4v) is 2.74. The molecule has 1 heterocycles. The normalized spacial score (nSPS) is 10.9. The van der Waals surface area contributed by atoms with E-state index >= 15 is 0 Å². The predicted octanol–water partition coefficient (Wildman–Crippen LogP) is 4.81. The summed E-state index contributed by atoms with van der Waals surface area (Å²) in [6.07, 6.45) is 0. The summed E-state index contributed by atoms with van der Waals surface area (Å²) >= 11 is 0. The lowest BCUT2D eigenvalue weighted by Crippen LogP contribution is -2.09. The van der Waals surface area contributed by atoms with Crippen LogP contribution in [0.5, 0.6) is 11.5 Å². The number of methoxy groups -OCH3 is 1. The molecule has 0 saturated heterocycles. The van der Waals surface area contributed by atoms with Crippen molar-refractivity contribution in [1.82, 2.24) is 0 Å². The summed E-state index contributed by atoms with van der Waals surface area (Å²) < 4.78 is 16.5. The third-order valence-electron chi connectivity index (χ3n) is 3.89. The molecule has 0 spiro atoms. The summed E-state index contributed by atoms with van der Waals surface area (Å²) in [5.74, 6) is 0.488. The fourth-order valence-electron chi connectivity index (χ4n) is 2.74. The zero-order chi connectivity index (χ0) is 16.5. The standard InChI is InChI=1S/C20H14O4/c1-22-17-8-4-3-7-15(17)20(21)23-13-10-11-19-16(12-13)14-6-2-5-9-18(14)24-19/h2-12H,1H3. The van der Waals surface area contributed by atoms with Crippen LogP contribution in [0.4, 0.5) is 0 Å². The van der Waals surface area contributed by atoms with Crippen LogP contribution in [0, 0.1) is 0 Å². The summed E-state index contributed by atoms with van der Waals surface area (Å²) in [5, 5.41) is 1.90. The van der Waals surface area contributed by atoms with Gasteiger partial charge in [-0.1, -0.05) is 30.3 Å². The molecular weight excluding hydrogens is 304 g/mol. The summed E-state index contributed by atoms with van der Waals surface area (Å²) in [5.41, 5.74) is 1.95. The van der Waals surface area contributed by atoms with Crippen LogP contribution < -0.4 is 9.47 Å². The van der Waals surface area contributed by atoms with Gasteiger partial charge >= 0.3 is 5.97 Å². The molecular formula is C20H14O4. The maximum absolute atomic E-state index is 12.4. The summed E-state index contributed by atoms with van der Waals surface area (Å²) in [7, 11) is 1.52. The van der Waals surface area contributed by atoms with Crippen molar-refractivity contribution in [2.45, 2.75) is 0 Å². The second-order valence-electron chi connectivity index (χ2n) is 5.35. The molecule has 0 N–H and O–H groups in total.